The zero-order valence-corrected chi connectivity index (χ0v) is 19.8. The van der Waals surface area contributed by atoms with Gasteiger partial charge >= 0.3 is 11.9 Å². The average Bonchev–Trinajstić information content (AvgIpc) is 2.90. The van der Waals surface area contributed by atoms with Crippen molar-refractivity contribution in [1.82, 2.24) is 0 Å². The highest BCUT2D eigenvalue weighted by molar-refractivity contribution is 5.88. The summed E-state index contributed by atoms with van der Waals surface area (Å²) >= 11 is 0. The van der Waals surface area contributed by atoms with Crippen LogP contribution >= 0.6 is 0 Å². The molecule has 0 bridgehead atoms. The van der Waals surface area contributed by atoms with Gasteiger partial charge < -0.3 is 45.6 Å². The summed E-state index contributed by atoms with van der Waals surface area (Å²) in [7, 11) is 0. The third kappa shape index (κ3) is 7.15. The van der Waals surface area contributed by atoms with Crippen molar-refractivity contribution in [3.8, 4) is 0 Å². The fraction of sp³-hybridized carbons (Fsp3) is 0.308. The van der Waals surface area contributed by atoms with Crippen LogP contribution in [0.2, 0.25) is 0 Å². The van der Waals surface area contributed by atoms with Gasteiger partial charge in [0.05, 0.1) is 56.2 Å². The molecule has 11 heteroatoms. The van der Waals surface area contributed by atoms with Gasteiger partial charge in [0.2, 0.25) is 0 Å². The van der Waals surface area contributed by atoms with Gasteiger partial charge in [-0.25, -0.2) is 9.59 Å². The number of ether oxygens (including phenoxy) is 1. The molecule has 0 fully saturated rings. The Morgan fingerprint density at radius 2 is 1.00 bits per heavy atom. The molecule has 0 atom stereocenters. The molecule has 0 saturated carbocycles. The maximum absolute atomic E-state index is 11.1. The highest BCUT2D eigenvalue weighted by Gasteiger charge is 2.41. The summed E-state index contributed by atoms with van der Waals surface area (Å²) in [5.74, 6) is -3.41. The number of carboxylic acid groups (broad SMARTS) is 2. The molecule has 0 aliphatic carbocycles. The number of rotatable bonds is 14. The van der Waals surface area contributed by atoms with E-state index in [1.807, 2.05) is 0 Å². The van der Waals surface area contributed by atoms with E-state index >= 15 is 0 Å². The summed E-state index contributed by atoms with van der Waals surface area (Å²) in [4.78, 5) is 22.2. The Kier molecular flexibility index (Phi) is 10.4. The smallest absolute Gasteiger partial charge is 0.335 e. The molecule has 2 aromatic carbocycles. The quantitative estimate of drug-likeness (QED) is 0.168. The second kappa shape index (κ2) is 13.0. The molecule has 0 heterocycles. The fourth-order valence-electron chi connectivity index (χ4n) is 3.25. The first-order valence-corrected chi connectivity index (χ1v) is 11.1. The van der Waals surface area contributed by atoms with Crippen molar-refractivity contribution in [1.29, 1.82) is 0 Å². The second-order valence-electron chi connectivity index (χ2n) is 8.62. The molecule has 11 nitrogen and oxygen atoms in total. The molecule has 0 aromatic heterocycles. The first-order chi connectivity index (χ1) is 17.6. The van der Waals surface area contributed by atoms with E-state index in [0.29, 0.717) is 11.1 Å². The lowest BCUT2D eigenvalue weighted by Gasteiger charge is -2.33. The Hall–Kier alpha value is -3.74. The first kappa shape index (κ1) is 29.5. The van der Waals surface area contributed by atoms with Gasteiger partial charge in [0.25, 0.3) is 0 Å². The molecule has 2 rings (SSSR count). The Labute approximate surface area is 212 Å². The number of benzene rings is 2. The van der Waals surface area contributed by atoms with Crippen LogP contribution in [-0.2, 0) is 4.74 Å². The molecule has 0 spiro atoms. The summed E-state index contributed by atoms with van der Waals surface area (Å²) in [5, 5.41) is 79.1. The molecule has 0 saturated heterocycles. The topological polar surface area (TPSA) is 205 Å². The lowest BCUT2D eigenvalue weighted by atomic mass is 9.83. The zero-order chi connectivity index (χ0) is 27.6. The maximum Gasteiger partial charge on any atom is 0.335 e. The molecule has 0 amide bonds. The van der Waals surface area contributed by atoms with E-state index in [4.69, 9.17) is 14.9 Å². The van der Waals surface area contributed by atoms with E-state index in [0.717, 1.165) is 0 Å². The minimum absolute atomic E-state index is 0.00861. The Balaban J connectivity index is 2.49. The van der Waals surface area contributed by atoms with Crippen LogP contribution in [0.5, 0.6) is 0 Å². The molecular formula is C26H30O11. The highest BCUT2D eigenvalue weighted by atomic mass is 16.5. The van der Waals surface area contributed by atoms with Gasteiger partial charge in [-0.3, -0.25) is 0 Å². The third-order valence-electron chi connectivity index (χ3n) is 5.94. The second-order valence-corrected chi connectivity index (χ2v) is 8.62. The number of aliphatic hydroxyl groups is 6. The van der Waals surface area contributed by atoms with Crippen LogP contribution in [-0.4, -0.2) is 92.4 Å². The van der Waals surface area contributed by atoms with Gasteiger partial charge in [-0.05, 0) is 47.5 Å². The summed E-state index contributed by atoms with van der Waals surface area (Å²) in [6, 6.07) is 10.8. The molecule has 8 N–H and O–H groups in total. The molecule has 200 valence electrons. The molecule has 0 aliphatic heterocycles. The van der Waals surface area contributed by atoms with Gasteiger partial charge in [0.1, 0.15) is 16.9 Å². The number of hydrogen-bond donors (Lipinski definition) is 8. The maximum atomic E-state index is 11.1. The minimum Gasteiger partial charge on any atom is -0.511 e. The van der Waals surface area contributed by atoms with E-state index in [1.165, 1.54) is 60.7 Å². The van der Waals surface area contributed by atoms with Crippen LogP contribution in [0.25, 0.3) is 12.2 Å². The third-order valence-corrected chi connectivity index (χ3v) is 5.94. The van der Waals surface area contributed by atoms with Gasteiger partial charge in [-0.15, -0.1) is 0 Å². The molecular weight excluding hydrogens is 488 g/mol. The van der Waals surface area contributed by atoms with Gasteiger partial charge in [-0.1, -0.05) is 24.3 Å². The molecule has 0 radical (unpaired) electrons. The van der Waals surface area contributed by atoms with E-state index < -0.39 is 67.3 Å². The summed E-state index contributed by atoms with van der Waals surface area (Å²) in [6.45, 7) is -3.69. The highest BCUT2D eigenvalue weighted by Crippen LogP contribution is 2.36. The van der Waals surface area contributed by atoms with Gasteiger partial charge in [0, 0.05) is 0 Å². The van der Waals surface area contributed by atoms with Crippen molar-refractivity contribution in [3.05, 3.63) is 82.3 Å². The Bertz CT molecular complexity index is 1030. The monoisotopic (exact) mass is 518 g/mol. The Morgan fingerprint density at radius 3 is 1.30 bits per heavy atom. The number of aliphatic hydroxyl groups excluding tert-OH is 6. The van der Waals surface area contributed by atoms with Crippen LogP contribution in [0.1, 0.15) is 31.8 Å². The van der Waals surface area contributed by atoms with E-state index in [2.05, 4.69) is 0 Å². The fourth-order valence-corrected chi connectivity index (χ4v) is 3.25. The average molecular weight is 519 g/mol. The van der Waals surface area contributed by atoms with Crippen LogP contribution in [0.15, 0.2) is 60.0 Å². The van der Waals surface area contributed by atoms with E-state index in [9.17, 15) is 40.2 Å². The lowest BCUT2D eigenvalue weighted by molar-refractivity contribution is -0.0798. The Morgan fingerprint density at radius 1 is 0.622 bits per heavy atom. The normalized spacial score (nSPS) is 14.3. The van der Waals surface area contributed by atoms with Crippen molar-refractivity contribution in [3.63, 3.8) is 0 Å². The van der Waals surface area contributed by atoms with Crippen molar-refractivity contribution >= 4 is 24.1 Å². The minimum atomic E-state index is -1.96. The van der Waals surface area contributed by atoms with Crippen molar-refractivity contribution in [2.75, 3.05) is 39.6 Å². The van der Waals surface area contributed by atoms with Crippen molar-refractivity contribution in [2.45, 2.75) is 0 Å². The molecule has 0 unspecified atom stereocenters. The number of carboxylic acids is 2. The van der Waals surface area contributed by atoms with Crippen LogP contribution < -0.4 is 0 Å². The molecule has 0 aliphatic rings. The largest absolute Gasteiger partial charge is 0.511 e. The predicted octanol–water partition coefficient (Wildman–Crippen LogP) is 1.54. The van der Waals surface area contributed by atoms with Gasteiger partial charge in [0.15, 0.2) is 0 Å². The van der Waals surface area contributed by atoms with Crippen LogP contribution in [0.4, 0.5) is 0 Å². The van der Waals surface area contributed by atoms with E-state index in [-0.39, 0.29) is 17.7 Å². The number of aromatic carboxylic acids is 2. The SMILES string of the molecule is O=C(O)c1ccc(C=C(O)C(CO)(COCC(CO)(CO)CO)C(O)=Cc2ccc(C(=O)O)cc2)cc1. The van der Waals surface area contributed by atoms with Crippen LogP contribution in [0, 0.1) is 10.8 Å². The zero-order valence-electron chi connectivity index (χ0n) is 19.8. The summed E-state index contributed by atoms with van der Waals surface area (Å²) in [5.41, 5.74) is -2.67. The van der Waals surface area contributed by atoms with Crippen LogP contribution in [0.3, 0.4) is 0 Å². The predicted molar refractivity (Wildman–Crippen MR) is 132 cm³/mol. The van der Waals surface area contributed by atoms with Crippen molar-refractivity contribution < 1.29 is 55.2 Å². The van der Waals surface area contributed by atoms with Gasteiger partial charge in [-0.2, -0.15) is 0 Å². The standard InChI is InChI=1S/C26H30O11/c27-11-25(12-28,13-29)15-37-16-26(14-30,21(31)9-17-1-5-19(6-2-17)23(33)34)22(32)10-18-3-7-20(8-4-18)24(35)36/h1-10,27-32H,11-16H2,(H,33,34)(H,35,36). The number of carbonyl (C=O) groups is 2. The first-order valence-electron chi connectivity index (χ1n) is 11.1. The molecule has 37 heavy (non-hydrogen) atoms. The lowest BCUT2D eigenvalue weighted by Crippen LogP contribution is -2.42. The summed E-state index contributed by atoms with van der Waals surface area (Å²) in [6.07, 6.45) is 2.39. The van der Waals surface area contributed by atoms with Crippen molar-refractivity contribution in [2.24, 2.45) is 10.8 Å². The molecule has 2 aromatic rings. The summed E-state index contributed by atoms with van der Waals surface area (Å²) < 4.78 is 5.55. The van der Waals surface area contributed by atoms with E-state index in [1.54, 1.807) is 0 Å². The number of hydrogen-bond acceptors (Lipinski definition) is 9.